The summed E-state index contributed by atoms with van der Waals surface area (Å²) in [5.74, 6) is -2.08. The number of aryl methyl sites for hydroxylation is 1. The van der Waals surface area contributed by atoms with Crippen molar-refractivity contribution < 1.29 is 13.6 Å². The monoisotopic (exact) mass is 284 g/mol. The fraction of sp³-hybridized carbons (Fsp3) is 0.231. The van der Waals surface area contributed by atoms with Gasteiger partial charge in [-0.05, 0) is 26.0 Å². The normalized spacial score (nSPS) is 10.8. The van der Waals surface area contributed by atoms with Crippen LogP contribution in [0, 0.1) is 25.5 Å². The van der Waals surface area contributed by atoms with E-state index in [2.05, 4.69) is 5.10 Å². The van der Waals surface area contributed by atoms with Gasteiger partial charge in [0.05, 0.1) is 22.0 Å². The highest BCUT2D eigenvalue weighted by atomic mass is 35.5. The van der Waals surface area contributed by atoms with Gasteiger partial charge in [-0.15, -0.1) is 0 Å². The average Bonchev–Trinajstić information content (AvgIpc) is 2.57. The average molecular weight is 285 g/mol. The van der Waals surface area contributed by atoms with E-state index in [1.54, 1.807) is 13.8 Å². The Kier molecular flexibility index (Phi) is 3.66. The van der Waals surface area contributed by atoms with Gasteiger partial charge >= 0.3 is 0 Å². The van der Waals surface area contributed by atoms with Gasteiger partial charge < -0.3 is 0 Å². The van der Waals surface area contributed by atoms with E-state index in [1.165, 1.54) is 4.68 Å². The molecule has 0 N–H and O–H groups in total. The molecule has 0 spiro atoms. The number of carbonyl (C=O) groups is 1. The van der Waals surface area contributed by atoms with E-state index >= 15 is 0 Å². The Labute approximate surface area is 113 Å². The van der Waals surface area contributed by atoms with Crippen LogP contribution < -0.4 is 0 Å². The molecule has 0 saturated carbocycles. The van der Waals surface area contributed by atoms with Gasteiger partial charge in [0, 0.05) is 6.07 Å². The molecule has 0 aliphatic carbocycles. The number of ketones is 1. The van der Waals surface area contributed by atoms with Crippen LogP contribution in [-0.4, -0.2) is 15.6 Å². The Morgan fingerprint density at radius 3 is 2.58 bits per heavy atom. The van der Waals surface area contributed by atoms with Gasteiger partial charge in [-0.1, -0.05) is 11.6 Å². The first kappa shape index (κ1) is 13.7. The summed E-state index contributed by atoms with van der Waals surface area (Å²) < 4.78 is 27.6. The van der Waals surface area contributed by atoms with E-state index in [0.29, 0.717) is 22.5 Å². The lowest BCUT2D eigenvalue weighted by atomic mass is 10.1. The van der Waals surface area contributed by atoms with Crippen molar-refractivity contribution in [3.05, 3.63) is 51.8 Å². The third kappa shape index (κ3) is 2.66. The van der Waals surface area contributed by atoms with Crippen LogP contribution in [0.3, 0.4) is 0 Å². The minimum Gasteiger partial charge on any atom is -0.292 e. The Morgan fingerprint density at radius 2 is 2.05 bits per heavy atom. The van der Waals surface area contributed by atoms with E-state index < -0.39 is 17.4 Å². The molecule has 0 unspecified atom stereocenters. The van der Waals surface area contributed by atoms with Gasteiger partial charge in [-0.25, -0.2) is 8.78 Å². The van der Waals surface area contributed by atoms with Crippen LogP contribution in [0.25, 0.3) is 0 Å². The van der Waals surface area contributed by atoms with E-state index in [-0.39, 0.29) is 12.1 Å². The minimum atomic E-state index is -0.877. The zero-order chi connectivity index (χ0) is 14.2. The molecule has 19 heavy (non-hydrogen) atoms. The van der Waals surface area contributed by atoms with E-state index in [0.717, 1.165) is 12.1 Å². The Morgan fingerprint density at radius 1 is 1.37 bits per heavy atom. The van der Waals surface area contributed by atoms with Crippen LogP contribution in [0.1, 0.15) is 21.7 Å². The maximum Gasteiger partial charge on any atom is 0.187 e. The number of aromatic nitrogens is 2. The number of hydrogen-bond acceptors (Lipinski definition) is 2. The second-order valence-electron chi connectivity index (χ2n) is 4.19. The maximum atomic E-state index is 13.5. The summed E-state index contributed by atoms with van der Waals surface area (Å²) in [6.45, 7) is 3.30. The molecule has 2 aromatic rings. The topological polar surface area (TPSA) is 34.9 Å². The molecule has 0 amide bonds. The molecule has 0 fully saturated rings. The fourth-order valence-electron chi connectivity index (χ4n) is 1.77. The van der Waals surface area contributed by atoms with Crippen LogP contribution in [0.5, 0.6) is 0 Å². The Balaban J connectivity index is 2.28. The fourth-order valence-corrected chi connectivity index (χ4v) is 1.90. The molecule has 0 bridgehead atoms. The van der Waals surface area contributed by atoms with Crippen molar-refractivity contribution in [1.82, 2.24) is 9.78 Å². The summed E-state index contributed by atoms with van der Waals surface area (Å²) in [7, 11) is 0. The zero-order valence-electron chi connectivity index (χ0n) is 10.4. The lowest BCUT2D eigenvalue weighted by molar-refractivity contribution is 0.0962. The molecule has 3 nitrogen and oxygen atoms in total. The number of Topliss-reactive ketones (excluding diaryl/α,β-unsaturated/α-hetero) is 1. The van der Waals surface area contributed by atoms with E-state index in [4.69, 9.17) is 11.6 Å². The highest BCUT2D eigenvalue weighted by Gasteiger charge is 2.16. The first-order valence-electron chi connectivity index (χ1n) is 5.58. The maximum absolute atomic E-state index is 13.5. The van der Waals surface area contributed by atoms with Crippen LogP contribution in [0.4, 0.5) is 8.78 Å². The van der Waals surface area contributed by atoms with Crippen molar-refractivity contribution in [3.63, 3.8) is 0 Å². The van der Waals surface area contributed by atoms with Crippen LogP contribution in [0.15, 0.2) is 18.2 Å². The third-order valence-electron chi connectivity index (χ3n) is 2.82. The van der Waals surface area contributed by atoms with Gasteiger partial charge in [0.25, 0.3) is 0 Å². The first-order chi connectivity index (χ1) is 8.90. The molecule has 0 aliphatic heterocycles. The van der Waals surface area contributed by atoms with Crippen molar-refractivity contribution in [3.8, 4) is 0 Å². The summed E-state index contributed by atoms with van der Waals surface area (Å²) >= 11 is 5.96. The smallest absolute Gasteiger partial charge is 0.187 e. The minimum absolute atomic E-state index is 0.137. The van der Waals surface area contributed by atoms with Gasteiger partial charge in [0.15, 0.2) is 5.78 Å². The molecule has 0 saturated heterocycles. The van der Waals surface area contributed by atoms with Crippen molar-refractivity contribution in [1.29, 1.82) is 0 Å². The summed E-state index contributed by atoms with van der Waals surface area (Å²) in [5, 5.41) is 4.57. The molecule has 6 heteroatoms. The van der Waals surface area contributed by atoms with E-state index in [9.17, 15) is 13.6 Å². The predicted molar refractivity (Wildman–Crippen MR) is 67.4 cm³/mol. The van der Waals surface area contributed by atoms with Gasteiger partial charge in [-0.2, -0.15) is 5.10 Å². The SMILES string of the molecule is Cc1nn(CC(=O)c2ccc(F)cc2F)c(C)c1Cl. The van der Waals surface area contributed by atoms with Gasteiger partial charge in [0.1, 0.15) is 18.2 Å². The Bertz CT molecular complexity index is 652. The third-order valence-corrected chi connectivity index (χ3v) is 3.37. The van der Waals surface area contributed by atoms with Crippen LogP contribution in [0.2, 0.25) is 5.02 Å². The van der Waals surface area contributed by atoms with Crippen LogP contribution >= 0.6 is 11.6 Å². The molecule has 1 aromatic carbocycles. The van der Waals surface area contributed by atoms with Crippen LogP contribution in [-0.2, 0) is 6.54 Å². The second kappa shape index (κ2) is 5.09. The van der Waals surface area contributed by atoms with E-state index in [1.807, 2.05) is 0 Å². The molecule has 0 atom stereocenters. The first-order valence-corrected chi connectivity index (χ1v) is 5.95. The van der Waals surface area contributed by atoms with Crippen molar-refractivity contribution in [2.24, 2.45) is 0 Å². The summed E-state index contributed by atoms with van der Waals surface area (Å²) in [5.41, 5.74) is 1.08. The molecule has 100 valence electrons. The number of hydrogen-bond donors (Lipinski definition) is 0. The number of halogens is 3. The lowest BCUT2D eigenvalue weighted by Gasteiger charge is -2.05. The quantitative estimate of drug-likeness (QED) is 0.811. The molecule has 2 rings (SSSR count). The van der Waals surface area contributed by atoms with Gasteiger partial charge in [0.2, 0.25) is 0 Å². The molecule has 1 aromatic heterocycles. The lowest BCUT2D eigenvalue weighted by Crippen LogP contribution is -2.14. The standard InChI is InChI=1S/C13H11ClF2N2O/c1-7-13(14)8(2)18(17-7)6-12(19)10-4-3-9(15)5-11(10)16/h3-5H,6H2,1-2H3. The Hall–Kier alpha value is -1.75. The molecule has 0 radical (unpaired) electrons. The largest absolute Gasteiger partial charge is 0.292 e. The van der Waals surface area contributed by atoms with Gasteiger partial charge in [-0.3, -0.25) is 9.48 Å². The highest BCUT2D eigenvalue weighted by molar-refractivity contribution is 6.31. The summed E-state index contributed by atoms with van der Waals surface area (Å²) in [6.07, 6.45) is 0. The number of rotatable bonds is 3. The molecule has 1 heterocycles. The summed E-state index contributed by atoms with van der Waals surface area (Å²) in [4.78, 5) is 12.0. The van der Waals surface area contributed by atoms with Crippen molar-refractivity contribution in [2.75, 3.05) is 0 Å². The molecular formula is C13H11ClF2N2O. The zero-order valence-corrected chi connectivity index (χ0v) is 11.1. The number of carbonyl (C=O) groups excluding carboxylic acids is 1. The van der Waals surface area contributed by atoms with Crippen molar-refractivity contribution in [2.45, 2.75) is 20.4 Å². The molecular weight excluding hydrogens is 274 g/mol. The highest BCUT2D eigenvalue weighted by Crippen LogP contribution is 2.19. The summed E-state index contributed by atoms with van der Waals surface area (Å²) in [6, 6.07) is 2.85. The molecule has 0 aliphatic rings. The number of benzene rings is 1. The van der Waals surface area contributed by atoms with Crippen molar-refractivity contribution >= 4 is 17.4 Å². The second-order valence-corrected chi connectivity index (χ2v) is 4.57. The predicted octanol–water partition coefficient (Wildman–Crippen LogP) is 3.31. The number of nitrogens with zero attached hydrogens (tertiary/aromatic N) is 2.